The van der Waals surface area contributed by atoms with Gasteiger partial charge in [-0.25, -0.2) is 0 Å². The molecule has 62 heavy (non-hydrogen) atoms. The van der Waals surface area contributed by atoms with Crippen molar-refractivity contribution in [1.29, 1.82) is 0 Å². The van der Waals surface area contributed by atoms with E-state index in [0.29, 0.717) is 28.6 Å². The molecule has 6 N–H and O–H groups in total. The lowest BCUT2D eigenvalue weighted by Crippen LogP contribution is -2.28. The number of benzene rings is 5. The lowest BCUT2D eigenvalue weighted by atomic mass is 9.88. The Kier molecular flexibility index (Phi) is 15.9. The van der Waals surface area contributed by atoms with Gasteiger partial charge in [0.2, 0.25) is 0 Å². The summed E-state index contributed by atoms with van der Waals surface area (Å²) in [6, 6.07) is 34.5. The first-order valence-corrected chi connectivity index (χ1v) is 20.8. The summed E-state index contributed by atoms with van der Waals surface area (Å²) in [4.78, 5) is 26.4. The van der Waals surface area contributed by atoms with Crippen molar-refractivity contribution in [2.75, 3.05) is 13.1 Å². The summed E-state index contributed by atoms with van der Waals surface area (Å²) in [5.74, 6) is -1.15. The molecule has 0 fully saturated rings. The number of hydrogen-bond acceptors (Lipinski definition) is 9. The third-order valence-electron chi connectivity index (χ3n) is 10.6. The van der Waals surface area contributed by atoms with E-state index >= 15 is 0 Å². The number of nitrogens with zero attached hydrogens (tertiary/aromatic N) is 1. The summed E-state index contributed by atoms with van der Waals surface area (Å²) in [6.45, 7) is 7.64. The second-order valence-corrected chi connectivity index (χ2v) is 15.8. The number of nitrogens with one attached hydrogen (secondary N) is 2. The molecule has 322 valence electrons. The molecule has 6 rings (SSSR count). The van der Waals surface area contributed by atoms with Crippen LogP contribution < -0.4 is 20.1 Å². The highest BCUT2D eigenvalue weighted by atomic mass is 35.5. The molecule has 12 heteroatoms. The fourth-order valence-electron chi connectivity index (χ4n) is 7.42. The van der Waals surface area contributed by atoms with E-state index in [-0.39, 0.29) is 45.7 Å². The Hall–Kier alpha value is -6.08. The van der Waals surface area contributed by atoms with Gasteiger partial charge < -0.3 is 40.5 Å². The molecule has 1 aromatic heterocycles. The lowest BCUT2D eigenvalue weighted by molar-refractivity contribution is -0.140. The van der Waals surface area contributed by atoms with Crippen molar-refractivity contribution in [2.24, 2.45) is 0 Å². The average molecular weight is 858 g/mol. The van der Waals surface area contributed by atoms with Crippen molar-refractivity contribution in [3.8, 4) is 44.9 Å². The van der Waals surface area contributed by atoms with Gasteiger partial charge in [-0.1, -0.05) is 90.5 Å². The van der Waals surface area contributed by atoms with Crippen LogP contribution in [0.1, 0.15) is 51.8 Å². The summed E-state index contributed by atoms with van der Waals surface area (Å²) in [5, 5.41) is 45.0. The van der Waals surface area contributed by atoms with E-state index in [2.05, 4.69) is 84.1 Å². The maximum Gasteiger partial charge on any atom is 0.306 e. The SMILES string of the molecule is Cc1cncc(COc2cc(OCc3cccc(-c4cccc(-c5ccc(CNC[C@@H](O)CC(=O)O)c(-c6ccccc6)c5)c4C)c3C)c(Cl)cc2CNC[C@@H](O)CC(=O)O)c1. The van der Waals surface area contributed by atoms with Crippen LogP contribution >= 0.6 is 11.6 Å². The number of pyridine rings is 1. The molecular formula is C50H52ClN3O8. The number of carboxylic acids is 2. The highest BCUT2D eigenvalue weighted by molar-refractivity contribution is 6.32. The smallest absolute Gasteiger partial charge is 0.306 e. The number of aliphatic carboxylic acids is 2. The molecule has 0 aliphatic rings. The third kappa shape index (κ3) is 12.3. The fourth-order valence-corrected chi connectivity index (χ4v) is 7.66. The molecule has 1 heterocycles. The highest BCUT2D eigenvalue weighted by Crippen LogP contribution is 2.38. The number of rotatable bonds is 21. The maximum absolute atomic E-state index is 11.0. The molecular weight excluding hydrogens is 806 g/mol. The first kappa shape index (κ1) is 45.4. The van der Waals surface area contributed by atoms with E-state index in [0.717, 1.165) is 66.8 Å². The van der Waals surface area contributed by atoms with E-state index in [1.165, 1.54) is 0 Å². The van der Waals surface area contributed by atoms with Crippen LogP contribution in [0.25, 0.3) is 33.4 Å². The topological polar surface area (TPSA) is 170 Å². The molecule has 0 saturated heterocycles. The second-order valence-electron chi connectivity index (χ2n) is 15.4. The second kappa shape index (κ2) is 21.6. The predicted octanol–water partition coefficient (Wildman–Crippen LogP) is 8.67. The number of aromatic nitrogens is 1. The van der Waals surface area contributed by atoms with E-state index in [1.807, 2.05) is 43.3 Å². The van der Waals surface area contributed by atoms with Gasteiger partial charge in [0.1, 0.15) is 24.7 Å². The van der Waals surface area contributed by atoms with Crippen LogP contribution in [-0.4, -0.2) is 62.6 Å². The molecule has 6 aromatic rings. The molecule has 0 unspecified atom stereocenters. The van der Waals surface area contributed by atoms with Crippen LogP contribution in [0.2, 0.25) is 5.02 Å². The number of aryl methyl sites for hydroxylation is 1. The Balaban J connectivity index is 1.23. The normalized spacial score (nSPS) is 12.2. The van der Waals surface area contributed by atoms with E-state index < -0.39 is 24.1 Å². The van der Waals surface area contributed by atoms with Crippen LogP contribution in [0.15, 0.2) is 116 Å². The zero-order chi connectivity index (χ0) is 44.2. The predicted molar refractivity (Wildman–Crippen MR) is 241 cm³/mol. The van der Waals surface area contributed by atoms with E-state index in [1.54, 1.807) is 24.5 Å². The molecule has 11 nitrogen and oxygen atoms in total. The molecule has 0 saturated carbocycles. The quantitative estimate of drug-likeness (QED) is 0.0410. The monoisotopic (exact) mass is 857 g/mol. The number of carboxylic acid groups (broad SMARTS) is 2. The summed E-state index contributed by atoms with van der Waals surface area (Å²) in [6.07, 6.45) is 0.801. The lowest BCUT2D eigenvalue weighted by Gasteiger charge is -2.19. The van der Waals surface area contributed by atoms with Gasteiger partial charge in [-0.2, -0.15) is 0 Å². The zero-order valence-corrected chi connectivity index (χ0v) is 35.8. The van der Waals surface area contributed by atoms with Gasteiger partial charge in [0.05, 0.1) is 30.1 Å². The zero-order valence-electron chi connectivity index (χ0n) is 35.0. The molecule has 0 amide bonds. The average Bonchev–Trinajstić information content (AvgIpc) is 3.23. The van der Waals surface area contributed by atoms with E-state index in [9.17, 15) is 19.8 Å². The van der Waals surface area contributed by atoms with Crippen molar-refractivity contribution >= 4 is 23.5 Å². The standard InChI is InChI=1S/C50H52ClN3O8/c1-31-17-34(24-52-23-31)29-61-47-22-48(46(51)19-39(47)26-54-28-41(56)21-50(59)60)62-30-38-11-7-13-43(32(38)2)44-14-8-12-42(33(44)3)36-15-16-37(25-53-27-40(55)20-49(57)58)45(18-36)35-9-5-4-6-10-35/h4-19,22-24,40-41,53-56H,20-21,25-30H2,1-3H3,(H,57,58)(H,59,60)/t40-,41-/m0/s1. The number of carbonyl (C=O) groups is 2. The van der Waals surface area contributed by atoms with Crippen molar-refractivity contribution in [2.45, 2.75) is 72.1 Å². The van der Waals surface area contributed by atoms with Crippen molar-refractivity contribution < 1.29 is 39.5 Å². The largest absolute Gasteiger partial charge is 0.488 e. The molecule has 0 spiro atoms. The van der Waals surface area contributed by atoms with Crippen LogP contribution in [-0.2, 0) is 35.9 Å². The van der Waals surface area contributed by atoms with Gasteiger partial charge in [0.15, 0.2) is 0 Å². The Bertz CT molecular complexity index is 2500. The van der Waals surface area contributed by atoms with Crippen molar-refractivity contribution in [3.05, 3.63) is 159 Å². The highest BCUT2D eigenvalue weighted by Gasteiger charge is 2.18. The molecule has 0 radical (unpaired) electrons. The number of aliphatic hydroxyl groups excluding tert-OH is 2. The van der Waals surface area contributed by atoms with Gasteiger partial charge in [0, 0.05) is 55.8 Å². The van der Waals surface area contributed by atoms with Crippen LogP contribution in [0.3, 0.4) is 0 Å². The van der Waals surface area contributed by atoms with Gasteiger partial charge >= 0.3 is 11.9 Å². The first-order chi connectivity index (χ1) is 29.9. The van der Waals surface area contributed by atoms with Gasteiger partial charge in [-0.05, 0) is 100 Å². The molecule has 2 atom stereocenters. The molecule has 0 aliphatic carbocycles. The van der Waals surface area contributed by atoms with Crippen LogP contribution in [0.4, 0.5) is 0 Å². The van der Waals surface area contributed by atoms with Gasteiger partial charge in [0.25, 0.3) is 0 Å². The van der Waals surface area contributed by atoms with E-state index in [4.69, 9.17) is 31.3 Å². The Morgan fingerprint density at radius 3 is 1.92 bits per heavy atom. The van der Waals surface area contributed by atoms with Crippen molar-refractivity contribution in [3.63, 3.8) is 0 Å². The Labute approximate surface area is 367 Å². The number of hydrogen-bond donors (Lipinski definition) is 6. The summed E-state index contributed by atoms with van der Waals surface area (Å²) < 4.78 is 12.7. The maximum atomic E-state index is 11.0. The number of ether oxygens (including phenoxy) is 2. The first-order valence-electron chi connectivity index (χ1n) is 20.4. The van der Waals surface area contributed by atoms with Crippen LogP contribution in [0.5, 0.6) is 11.5 Å². The molecule has 0 bridgehead atoms. The summed E-state index contributed by atoms with van der Waals surface area (Å²) in [5.41, 5.74) is 13.2. The minimum absolute atomic E-state index is 0.0748. The molecule has 5 aromatic carbocycles. The minimum Gasteiger partial charge on any atom is -0.488 e. The number of halogens is 1. The van der Waals surface area contributed by atoms with Gasteiger partial charge in [-0.15, -0.1) is 0 Å². The Morgan fingerprint density at radius 1 is 0.613 bits per heavy atom. The van der Waals surface area contributed by atoms with Gasteiger partial charge in [-0.3, -0.25) is 14.6 Å². The summed E-state index contributed by atoms with van der Waals surface area (Å²) >= 11 is 6.81. The van der Waals surface area contributed by atoms with Crippen molar-refractivity contribution in [1.82, 2.24) is 15.6 Å². The Morgan fingerprint density at radius 2 is 1.24 bits per heavy atom. The third-order valence-corrected chi connectivity index (χ3v) is 10.9. The summed E-state index contributed by atoms with van der Waals surface area (Å²) in [7, 11) is 0. The van der Waals surface area contributed by atoms with Crippen LogP contribution in [0, 0.1) is 20.8 Å². The fraction of sp³-hybridized carbons (Fsp3) is 0.260. The minimum atomic E-state index is -1.08. The number of aliphatic hydroxyl groups is 2. The molecule has 0 aliphatic heterocycles.